The molecule has 0 fully saturated rings. The second-order valence-corrected chi connectivity index (χ2v) is 6.27. The molecule has 0 unspecified atom stereocenters. The van der Waals surface area contributed by atoms with Gasteiger partial charge in [0.25, 0.3) is 0 Å². The van der Waals surface area contributed by atoms with E-state index in [1.807, 2.05) is 54.6 Å². The van der Waals surface area contributed by atoms with Crippen LogP contribution in [-0.4, -0.2) is 43.6 Å². The van der Waals surface area contributed by atoms with Crippen LogP contribution in [0.4, 0.5) is 4.79 Å². The average molecular weight is 382 g/mol. The highest BCUT2D eigenvalue weighted by Crippen LogP contribution is 2.12. The van der Waals surface area contributed by atoms with Crippen molar-refractivity contribution < 1.29 is 19.4 Å². The highest BCUT2D eigenvalue weighted by Gasteiger charge is 2.22. The van der Waals surface area contributed by atoms with Crippen molar-refractivity contribution in [1.82, 2.24) is 10.6 Å². The van der Waals surface area contributed by atoms with Crippen LogP contribution in [0.1, 0.15) is 11.1 Å². The number of aliphatic hydroxyl groups is 1. The molecule has 2 aromatic rings. The van der Waals surface area contributed by atoms with E-state index in [9.17, 15) is 9.90 Å². The first-order chi connectivity index (χ1) is 13.6. The van der Waals surface area contributed by atoms with Gasteiger partial charge in [0.15, 0.2) is 6.61 Å². The molecule has 0 aliphatic rings. The Kier molecular flexibility index (Phi) is 8.86. The van der Waals surface area contributed by atoms with Crippen molar-refractivity contribution in [3.8, 4) is 18.1 Å². The Morgan fingerprint density at radius 2 is 1.93 bits per heavy atom. The van der Waals surface area contributed by atoms with E-state index in [-0.39, 0.29) is 6.61 Å². The number of hydrogen-bond acceptors (Lipinski definition) is 5. The first-order valence-corrected chi connectivity index (χ1v) is 9.04. The zero-order chi connectivity index (χ0) is 20.2. The topological polar surface area (TPSA) is 79.8 Å². The van der Waals surface area contributed by atoms with Crippen LogP contribution < -0.4 is 15.4 Å². The first-order valence-electron chi connectivity index (χ1n) is 9.04. The Bertz CT molecular complexity index is 774. The van der Waals surface area contributed by atoms with Gasteiger partial charge in [-0.1, -0.05) is 48.4 Å². The molecular weight excluding hydrogens is 356 g/mol. The molecule has 0 aromatic heterocycles. The number of alkyl carbamates (subject to hydrolysis) is 1. The van der Waals surface area contributed by atoms with Crippen LogP contribution in [0.5, 0.6) is 5.75 Å². The molecule has 6 heteroatoms. The predicted molar refractivity (Wildman–Crippen MR) is 108 cm³/mol. The number of carbonyl (C=O) groups excluding carboxylic acids is 1. The van der Waals surface area contributed by atoms with E-state index >= 15 is 0 Å². The Morgan fingerprint density at radius 3 is 2.64 bits per heavy atom. The van der Waals surface area contributed by atoms with E-state index < -0.39 is 18.2 Å². The molecule has 0 saturated heterocycles. The largest absolute Gasteiger partial charge is 0.497 e. The van der Waals surface area contributed by atoms with Crippen LogP contribution >= 0.6 is 0 Å². The summed E-state index contributed by atoms with van der Waals surface area (Å²) in [5.41, 5.74) is 2.03. The molecule has 0 radical (unpaired) electrons. The molecule has 2 rings (SSSR count). The van der Waals surface area contributed by atoms with Crippen molar-refractivity contribution in [2.24, 2.45) is 0 Å². The summed E-state index contributed by atoms with van der Waals surface area (Å²) in [5, 5.41) is 16.5. The minimum atomic E-state index is -0.816. The third-order valence-electron chi connectivity index (χ3n) is 4.17. The minimum Gasteiger partial charge on any atom is -0.497 e. The lowest BCUT2D eigenvalue weighted by atomic mass is 10.0. The molecule has 2 aromatic carbocycles. The van der Waals surface area contributed by atoms with Gasteiger partial charge in [0.1, 0.15) is 5.75 Å². The molecule has 6 nitrogen and oxygen atoms in total. The summed E-state index contributed by atoms with van der Waals surface area (Å²) < 4.78 is 10.1. The molecule has 0 aliphatic heterocycles. The van der Waals surface area contributed by atoms with Gasteiger partial charge in [-0.3, -0.25) is 0 Å². The van der Waals surface area contributed by atoms with Crippen molar-refractivity contribution in [3.63, 3.8) is 0 Å². The molecule has 0 heterocycles. The lowest BCUT2D eigenvalue weighted by Crippen LogP contribution is -2.48. The molecule has 0 aliphatic carbocycles. The number of methoxy groups -OCH3 is 1. The van der Waals surface area contributed by atoms with Crippen molar-refractivity contribution in [3.05, 3.63) is 65.7 Å². The summed E-state index contributed by atoms with van der Waals surface area (Å²) in [6, 6.07) is 16.8. The number of aliphatic hydroxyl groups excluding tert-OH is 1. The Balaban J connectivity index is 1.93. The van der Waals surface area contributed by atoms with Crippen molar-refractivity contribution >= 4 is 6.09 Å². The van der Waals surface area contributed by atoms with Crippen LogP contribution in [0.2, 0.25) is 0 Å². The summed E-state index contributed by atoms with van der Waals surface area (Å²) in [6.07, 6.45) is 4.11. The first kappa shape index (κ1) is 21.3. The SMILES string of the molecule is C#CCOC(=O)N[C@@H](Cc1ccccc1)[C@@H](O)CNCc1cccc(OC)c1. The van der Waals surface area contributed by atoms with E-state index in [1.54, 1.807) is 7.11 Å². The maximum Gasteiger partial charge on any atom is 0.408 e. The van der Waals surface area contributed by atoms with Gasteiger partial charge < -0.3 is 25.2 Å². The molecule has 0 bridgehead atoms. The summed E-state index contributed by atoms with van der Waals surface area (Å²) in [7, 11) is 1.62. The van der Waals surface area contributed by atoms with E-state index in [0.29, 0.717) is 19.5 Å². The predicted octanol–water partition coefficient (Wildman–Crippen LogP) is 2.12. The third-order valence-corrected chi connectivity index (χ3v) is 4.17. The van der Waals surface area contributed by atoms with Crippen LogP contribution in [0.25, 0.3) is 0 Å². The van der Waals surface area contributed by atoms with E-state index in [4.69, 9.17) is 15.9 Å². The molecule has 2 atom stereocenters. The second-order valence-electron chi connectivity index (χ2n) is 6.27. The Labute approximate surface area is 165 Å². The Hall–Kier alpha value is -3.01. The molecular formula is C22H26N2O4. The molecule has 28 heavy (non-hydrogen) atoms. The number of amides is 1. The summed E-state index contributed by atoms with van der Waals surface area (Å²) in [4.78, 5) is 11.9. The normalized spacial score (nSPS) is 12.5. The maximum atomic E-state index is 11.9. The fraction of sp³-hybridized carbons (Fsp3) is 0.318. The fourth-order valence-electron chi connectivity index (χ4n) is 2.74. The van der Waals surface area contributed by atoms with Gasteiger partial charge in [0.2, 0.25) is 0 Å². The Morgan fingerprint density at radius 1 is 1.18 bits per heavy atom. The van der Waals surface area contributed by atoms with Crippen LogP contribution in [0.15, 0.2) is 54.6 Å². The van der Waals surface area contributed by atoms with E-state index in [1.165, 1.54) is 0 Å². The molecule has 0 spiro atoms. The maximum absolute atomic E-state index is 11.9. The number of benzene rings is 2. The standard InChI is InChI=1S/C22H26N2O4/c1-3-12-28-22(26)24-20(14-17-8-5-4-6-9-17)21(25)16-23-15-18-10-7-11-19(13-18)27-2/h1,4-11,13,20-21,23,25H,12,14-16H2,2H3,(H,24,26)/t20-,21-/m0/s1. The van der Waals surface area contributed by atoms with Gasteiger partial charge in [-0.25, -0.2) is 4.79 Å². The van der Waals surface area contributed by atoms with Gasteiger partial charge in [-0.2, -0.15) is 0 Å². The number of terminal acetylenes is 1. The van der Waals surface area contributed by atoms with Crippen LogP contribution in [0.3, 0.4) is 0 Å². The van der Waals surface area contributed by atoms with E-state index in [0.717, 1.165) is 16.9 Å². The number of carbonyl (C=O) groups is 1. The van der Waals surface area contributed by atoms with Gasteiger partial charge in [-0.15, -0.1) is 6.42 Å². The summed E-state index contributed by atoms with van der Waals surface area (Å²) >= 11 is 0. The molecule has 148 valence electrons. The zero-order valence-electron chi connectivity index (χ0n) is 15.9. The van der Waals surface area contributed by atoms with Crippen LogP contribution in [0, 0.1) is 12.3 Å². The lowest BCUT2D eigenvalue weighted by molar-refractivity contribution is 0.108. The van der Waals surface area contributed by atoms with Crippen molar-refractivity contribution in [1.29, 1.82) is 0 Å². The van der Waals surface area contributed by atoms with Crippen molar-refractivity contribution in [2.75, 3.05) is 20.3 Å². The summed E-state index contributed by atoms with van der Waals surface area (Å²) in [5.74, 6) is 3.02. The van der Waals surface area contributed by atoms with Crippen molar-refractivity contribution in [2.45, 2.75) is 25.1 Å². The highest BCUT2D eigenvalue weighted by atomic mass is 16.5. The number of nitrogens with one attached hydrogen (secondary N) is 2. The average Bonchev–Trinajstić information content (AvgIpc) is 2.72. The quantitative estimate of drug-likeness (QED) is 0.549. The molecule has 0 saturated carbocycles. The minimum absolute atomic E-state index is 0.117. The molecule has 1 amide bonds. The zero-order valence-corrected chi connectivity index (χ0v) is 15.9. The lowest BCUT2D eigenvalue weighted by Gasteiger charge is -2.24. The fourth-order valence-corrected chi connectivity index (χ4v) is 2.74. The van der Waals surface area contributed by atoms with Gasteiger partial charge in [0, 0.05) is 13.1 Å². The van der Waals surface area contributed by atoms with Gasteiger partial charge in [-0.05, 0) is 29.7 Å². The number of ether oxygens (including phenoxy) is 2. The van der Waals surface area contributed by atoms with Gasteiger partial charge in [0.05, 0.1) is 19.3 Å². The highest BCUT2D eigenvalue weighted by molar-refractivity contribution is 5.68. The summed E-state index contributed by atoms with van der Waals surface area (Å²) in [6.45, 7) is 0.742. The van der Waals surface area contributed by atoms with Gasteiger partial charge >= 0.3 is 6.09 Å². The third kappa shape index (κ3) is 7.31. The molecule has 3 N–H and O–H groups in total. The second kappa shape index (κ2) is 11.7. The van der Waals surface area contributed by atoms with E-state index in [2.05, 4.69) is 16.6 Å². The monoisotopic (exact) mass is 382 g/mol. The van der Waals surface area contributed by atoms with Crippen LogP contribution in [-0.2, 0) is 17.7 Å². The smallest absolute Gasteiger partial charge is 0.408 e. The number of rotatable bonds is 10. The number of hydrogen-bond donors (Lipinski definition) is 3.